The number of hydrogen-bond acceptors (Lipinski definition) is 5. The van der Waals surface area contributed by atoms with Gasteiger partial charge in [0, 0.05) is 56.4 Å². The van der Waals surface area contributed by atoms with Crippen LogP contribution in [0.25, 0.3) is 0 Å². The lowest BCUT2D eigenvalue weighted by molar-refractivity contribution is 0.0792. The molecule has 0 radical (unpaired) electrons. The largest absolute Gasteiger partial charge is 0.497 e. The van der Waals surface area contributed by atoms with Gasteiger partial charge >= 0.3 is 0 Å². The SMILES string of the molecule is CCNC(=NCC1(SCC)CCOCC1)N1CCN(c2ccc(OC)cc2)CC1.I. The van der Waals surface area contributed by atoms with Crippen molar-refractivity contribution in [3.63, 3.8) is 0 Å². The quantitative estimate of drug-likeness (QED) is 0.319. The Morgan fingerprint density at radius 3 is 2.37 bits per heavy atom. The van der Waals surface area contributed by atoms with Crippen LogP contribution < -0.4 is 15.0 Å². The fourth-order valence-corrected chi connectivity index (χ4v) is 5.24. The molecular weight excluding hydrogens is 511 g/mol. The molecular formula is C22H37IN4O2S. The van der Waals surface area contributed by atoms with Gasteiger partial charge in [0.1, 0.15) is 5.75 Å². The molecule has 8 heteroatoms. The van der Waals surface area contributed by atoms with Gasteiger partial charge in [-0.3, -0.25) is 4.99 Å². The van der Waals surface area contributed by atoms with Gasteiger partial charge in [-0.25, -0.2) is 0 Å². The van der Waals surface area contributed by atoms with Crippen molar-refractivity contribution in [3.05, 3.63) is 24.3 Å². The first-order valence-corrected chi connectivity index (χ1v) is 11.8. The number of halogens is 1. The number of thioether (sulfide) groups is 1. The summed E-state index contributed by atoms with van der Waals surface area (Å²) in [6.07, 6.45) is 2.19. The summed E-state index contributed by atoms with van der Waals surface area (Å²) in [5, 5.41) is 3.52. The first kappa shape index (κ1) is 25.4. The lowest BCUT2D eigenvalue weighted by Gasteiger charge is -2.39. The van der Waals surface area contributed by atoms with Gasteiger partial charge in [-0.15, -0.1) is 24.0 Å². The molecule has 2 heterocycles. The van der Waals surface area contributed by atoms with E-state index in [1.807, 2.05) is 12.1 Å². The van der Waals surface area contributed by atoms with Gasteiger partial charge in [-0.05, 0) is 49.8 Å². The van der Waals surface area contributed by atoms with Gasteiger partial charge in [0.25, 0.3) is 0 Å². The average Bonchev–Trinajstić information content (AvgIpc) is 2.78. The van der Waals surface area contributed by atoms with E-state index in [1.54, 1.807) is 7.11 Å². The van der Waals surface area contributed by atoms with E-state index in [2.05, 4.69) is 52.9 Å². The number of aliphatic imine (C=N–C) groups is 1. The van der Waals surface area contributed by atoms with Crippen molar-refractivity contribution >= 4 is 47.4 Å². The van der Waals surface area contributed by atoms with Crippen LogP contribution in [0.5, 0.6) is 5.75 Å². The summed E-state index contributed by atoms with van der Waals surface area (Å²) in [6, 6.07) is 8.35. The second-order valence-electron chi connectivity index (χ2n) is 7.57. The zero-order valence-corrected chi connectivity index (χ0v) is 21.7. The molecule has 0 bridgehead atoms. The van der Waals surface area contributed by atoms with E-state index in [9.17, 15) is 0 Å². The minimum Gasteiger partial charge on any atom is -0.497 e. The van der Waals surface area contributed by atoms with Crippen LogP contribution in [0.3, 0.4) is 0 Å². The van der Waals surface area contributed by atoms with Crippen LogP contribution in [0.4, 0.5) is 5.69 Å². The monoisotopic (exact) mass is 548 g/mol. The summed E-state index contributed by atoms with van der Waals surface area (Å²) in [5.74, 6) is 3.09. The number of guanidine groups is 1. The van der Waals surface area contributed by atoms with E-state index in [0.717, 1.165) is 82.8 Å². The number of piperazine rings is 1. The van der Waals surface area contributed by atoms with E-state index in [0.29, 0.717) is 0 Å². The van der Waals surface area contributed by atoms with Crippen molar-refractivity contribution in [1.29, 1.82) is 0 Å². The van der Waals surface area contributed by atoms with Crippen LogP contribution in [-0.4, -0.2) is 81.0 Å². The van der Waals surface area contributed by atoms with Gasteiger partial charge in [-0.2, -0.15) is 11.8 Å². The molecule has 0 unspecified atom stereocenters. The molecule has 1 N–H and O–H groups in total. The zero-order valence-electron chi connectivity index (χ0n) is 18.6. The van der Waals surface area contributed by atoms with Gasteiger partial charge in [0.05, 0.1) is 13.7 Å². The Labute approximate surface area is 203 Å². The van der Waals surface area contributed by atoms with Crippen LogP contribution >= 0.6 is 35.7 Å². The summed E-state index contributed by atoms with van der Waals surface area (Å²) < 4.78 is 11.1. The Hall–Kier alpha value is -0.870. The molecule has 30 heavy (non-hydrogen) atoms. The molecule has 2 aliphatic heterocycles. The van der Waals surface area contributed by atoms with Gasteiger partial charge in [0.15, 0.2) is 5.96 Å². The lowest BCUT2D eigenvalue weighted by atomic mass is 9.99. The minimum absolute atomic E-state index is 0. The molecule has 0 spiro atoms. The molecule has 0 saturated carbocycles. The van der Waals surface area contributed by atoms with E-state index in [-0.39, 0.29) is 28.7 Å². The van der Waals surface area contributed by atoms with Crippen LogP contribution in [0.2, 0.25) is 0 Å². The predicted molar refractivity (Wildman–Crippen MR) is 139 cm³/mol. The first-order valence-electron chi connectivity index (χ1n) is 10.8. The second-order valence-corrected chi connectivity index (χ2v) is 9.30. The number of ether oxygens (including phenoxy) is 2. The van der Waals surface area contributed by atoms with Crippen molar-refractivity contribution < 1.29 is 9.47 Å². The fraction of sp³-hybridized carbons (Fsp3) is 0.682. The number of anilines is 1. The van der Waals surface area contributed by atoms with E-state index >= 15 is 0 Å². The Bertz CT molecular complexity index is 640. The smallest absolute Gasteiger partial charge is 0.194 e. The zero-order chi connectivity index (χ0) is 20.5. The number of hydrogen-bond donors (Lipinski definition) is 1. The predicted octanol–water partition coefficient (Wildman–Crippen LogP) is 3.70. The van der Waals surface area contributed by atoms with Crippen molar-refractivity contribution in [2.24, 2.45) is 4.99 Å². The van der Waals surface area contributed by atoms with Crippen molar-refractivity contribution in [2.45, 2.75) is 31.4 Å². The van der Waals surface area contributed by atoms with Crippen molar-refractivity contribution in [2.75, 3.05) is 70.2 Å². The van der Waals surface area contributed by atoms with Gasteiger partial charge in [0.2, 0.25) is 0 Å². The Morgan fingerprint density at radius 2 is 1.80 bits per heavy atom. The molecule has 0 atom stereocenters. The highest BCUT2D eigenvalue weighted by Gasteiger charge is 2.33. The highest BCUT2D eigenvalue weighted by molar-refractivity contribution is 14.0. The number of nitrogens with zero attached hydrogens (tertiary/aromatic N) is 3. The molecule has 2 aliphatic rings. The lowest BCUT2D eigenvalue weighted by Crippen LogP contribution is -2.53. The highest BCUT2D eigenvalue weighted by Crippen LogP contribution is 2.35. The van der Waals surface area contributed by atoms with Crippen LogP contribution in [0.1, 0.15) is 26.7 Å². The average molecular weight is 549 g/mol. The maximum absolute atomic E-state index is 5.61. The van der Waals surface area contributed by atoms with E-state index in [1.165, 1.54) is 5.69 Å². The molecule has 3 rings (SSSR count). The number of nitrogens with one attached hydrogen (secondary N) is 1. The topological polar surface area (TPSA) is 49.3 Å². The normalized spacial score (nSPS) is 19.2. The maximum atomic E-state index is 5.61. The third kappa shape index (κ3) is 6.82. The van der Waals surface area contributed by atoms with Crippen LogP contribution in [0.15, 0.2) is 29.3 Å². The number of benzene rings is 1. The van der Waals surface area contributed by atoms with Crippen LogP contribution in [-0.2, 0) is 4.74 Å². The van der Waals surface area contributed by atoms with Crippen molar-refractivity contribution in [1.82, 2.24) is 10.2 Å². The summed E-state index contributed by atoms with van der Waals surface area (Å²) in [4.78, 5) is 9.94. The third-order valence-electron chi connectivity index (χ3n) is 5.72. The number of rotatable bonds is 7. The van der Waals surface area contributed by atoms with Gasteiger partial charge in [-0.1, -0.05) is 6.92 Å². The Balaban J connectivity index is 0.00000320. The molecule has 1 aromatic carbocycles. The minimum atomic E-state index is 0. The number of methoxy groups -OCH3 is 1. The summed E-state index contributed by atoms with van der Waals surface area (Å²) in [6.45, 7) is 11.8. The third-order valence-corrected chi connectivity index (χ3v) is 7.16. The first-order chi connectivity index (χ1) is 14.2. The van der Waals surface area contributed by atoms with Crippen LogP contribution in [0, 0.1) is 0 Å². The maximum Gasteiger partial charge on any atom is 0.194 e. The fourth-order valence-electron chi connectivity index (χ4n) is 4.01. The summed E-state index contributed by atoms with van der Waals surface area (Å²) in [7, 11) is 1.71. The standard InChI is InChI=1S/C22H36N4O2S.HI/c1-4-23-21(24-18-22(29-5-2)10-16-28-17-11-22)26-14-12-25(13-15-26)19-6-8-20(27-3)9-7-19;/h6-9H,4-5,10-18H2,1-3H3,(H,23,24);1H. The molecule has 0 aromatic heterocycles. The molecule has 6 nitrogen and oxygen atoms in total. The molecule has 0 amide bonds. The summed E-state index contributed by atoms with van der Waals surface area (Å²) >= 11 is 2.06. The molecule has 0 aliphatic carbocycles. The molecule has 170 valence electrons. The Morgan fingerprint density at radius 1 is 1.13 bits per heavy atom. The molecule has 2 fully saturated rings. The van der Waals surface area contributed by atoms with Gasteiger partial charge < -0.3 is 24.6 Å². The highest BCUT2D eigenvalue weighted by atomic mass is 127. The molecule has 1 aromatic rings. The van der Waals surface area contributed by atoms with E-state index < -0.39 is 0 Å². The second kappa shape index (κ2) is 12.9. The van der Waals surface area contributed by atoms with E-state index in [4.69, 9.17) is 14.5 Å². The molecule has 2 saturated heterocycles. The van der Waals surface area contributed by atoms with Crippen molar-refractivity contribution in [3.8, 4) is 5.75 Å². The Kier molecular flexibility index (Phi) is 10.9. The summed E-state index contributed by atoms with van der Waals surface area (Å²) in [5.41, 5.74) is 1.26.